The van der Waals surface area contributed by atoms with Crippen LogP contribution >= 0.6 is 11.6 Å². The first-order valence-electron chi connectivity index (χ1n) is 12.0. The van der Waals surface area contributed by atoms with Crippen LogP contribution in [-0.4, -0.2) is 44.3 Å². The fourth-order valence-electron chi connectivity index (χ4n) is 3.92. The number of sulfonamides is 1. The Morgan fingerprint density at radius 3 is 2.27 bits per heavy atom. The summed E-state index contributed by atoms with van der Waals surface area (Å²) in [5.41, 5.74) is 3.03. The van der Waals surface area contributed by atoms with E-state index in [0.29, 0.717) is 17.3 Å². The molecular formula is C28H32ClN3O4S. The molecule has 0 radical (unpaired) electrons. The van der Waals surface area contributed by atoms with E-state index >= 15 is 0 Å². The number of hydrogen-bond donors (Lipinski definition) is 1. The third-order valence-electron chi connectivity index (χ3n) is 6.09. The summed E-state index contributed by atoms with van der Waals surface area (Å²) in [4.78, 5) is 28.0. The maximum atomic E-state index is 13.8. The van der Waals surface area contributed by atoms with Crippen molar-refractivity contribution in [3.8, 4) is 0 Å². The van der Waals surface area contributed by atoms with Gasteiger partial charge in [0.15, 0.2) is 0 Å². The van der Waals surface area contributed by atoms with E-state index in [4.69, 9.17) is 11.6 Å². The number of amides is 2. The maximum Gasteiger partial charge on any atom is 0.264 e. The minimum Gasteiger partial charge on any atom is -0.355 e. The third-order valence-corrected chi connectivity index (χ3v) is 8.13. The van der Waals surface area contributed by atoms with Crippen molar-refractivity contribution in [2.75, 3.05) is 17.4 Å². The molecule has 37 heavy (non-hydrogen) atoms. The Kier molecular flexibility index (Phi) is 9.34. The fraction of sp³-hybridized carbons (Fsp3) is 0.286. The van der Waals surface area contributed by atoms with E-state index in [9.17, 15) is 18.0 Å². The number of nitrogens with one attached hydrogen (secondary N) is 1. The van der Waals surface area contributed by atoms with Crippen LogP contribution in [-0.2, 0) is 26.2 Å². The van der Waals surface area contributed by atoms with Crippen LogP contribution < -0.4 is 9.62 Å². The summed E-state index contributed by atoms with van der Waals surface area (Å²) in [6, 6.07) is 19.5. The van der Waals surface area contributed by atoms with Crippen molar-refractivity contribution in [2.24, 2.45) is 0 Å². The fourth-order valence-corrected chi connectivity index (χ4v) is 5.45. The monoisotopic (exact) mass is 541 g/mol. The van der Waals surface area contributed by atoms with Gasteiger partial charge in [-0.05, 0) is 80.8 Å². The van der Waals surface area contributed by atoms with Crippen molar-refractivity contribution in [1.29, 1.82) is 0 Å². The van der Waals surface area contributed by atoms with Crippen molar-refractivity contribution in [3.63, 3.8) is 0 Å². The second-order valence-corrected chi connectivity index (χ2v) is 11.1. The van der Waals surface area contributed by atoms with E-state index in [2.05, 4.69) is 5.32 Å². The SMILES string of the molecule is CCNC(=O)C(C)N(Cc1ccccc1C)C(=O)CN(c1cccc(C)c1)S(=O)(=O)c1ccc(Cl)cc1. The van der Waals surface area contributed by atoms with Gasteiger partial charge in [-0.25, -0.2) is 8.42 Å². The quantitative estimate of drug-likeness (QED) is 0.403. The van der Waals surface area contributed by atoms with E-state index in [1.54, 1.807) is 32.0 Å². The highest BCUT2D eigenvalue weighted by Gasteiger charge is 2.32. The topological polar surface area (TPSA) is 86.8 Å². The van der Waals surface area contributed by atoms with E-state index in [-0.39, 0.29) is 17.3 Å². The van der Waals surface area contributed by atoms with Crippen LogP contribution in [0.25, 0.3) is 0 Å². The van der Waals surface area contributed by atoms with E-state index in [0.717, 1.165) is 21.0 Å². The predicted octanol–water partition coefficient (Wildman–Crippen LogP) is 4.71. The van der Waals surface area contributed by atoms with E-state index in [1.165, 1.54) is 29.2 Å². The Hall–Kier alpha value is -3.36. The number of rotatable bonds is 10. The van der Waals surface area contributed by atoms with Gasteiger partial charge in [-0.2, -0.15) is 0 Å². The molecule has 0 aliphatic heterocycles. The van der Waals surface area contributed by atoms with Crippen LogP contribution in [0.2, 0.25) is 5.02 Å². The standard InChI is InChI=1S/C28H32ClN3O4S/c1-5-30-28(34)22(4)31(18-23-11-7-6-10-21(23)3)27(33)19-32(25-12-8-9-20(2)17-25)37(35,36)26-15-13-24(29)14-16-26/h6-17,22H,5,18-19H2,1-4H3,(H,30,34). The van der Waals surface area contributed by atoms with Gasteiger partial charge in [0.05, 0.1) is 10.6 Å². The molecule has 1 N–H and O–H groups in total. The van der Waals surface area contributed by atoms with Gasteiger partial charge in [0, 0.05) is 18.1 Å². The predicted molar refractivity (Wildman–Crippen MR) is 147 cm³/mol. The van der Waals surface area contributed by atoms with Gasteiger partial charge in [0.2, 0.25) is 11.8 Å². The summed E-state index contributed by atoms with van der Waals surface area (Å²) < 4.78 is 28.6. The number of nitrogens with zero attached hydrogens (tertiary/aromatic N) is 2. The first-order chi connectivity index (χ1) is 17.5. The number of anilines is 1. The van der Waals surface area contributed by atoms with E-state index in [1.807, 2.05) is 44.2 Å². The minimum absolute atomic E-state index is 0.00781. The zero-order valence-corrected chi connectivity index (χ0v) is 23.0. The first-order valence-corrected chi connectivity index (χ1v) is 13.8. The molecule has 0 fully saturated rings. The largest absolute Gasteiger partial charge is 0.355 e. The van der Waals surface area contributed by atoms with Gasteiger partial charge < -0.3 is 10.2 Å². The maximum absolute atomic E-state index is 13.8. The molecule has 9 heteroatoms. The Morgan fingerprint density at radius 2 is 1.65 bits per heavy atom. The molecule has 0 aliphatic rings. The number of halogens is 1. The molecule has 0 bridgehead atoms. The van der Waals surface area contributed by atoms with Crippen LogP contribution in [0.5, 0.6) is 0 Å². The highest BCUT2D eigenvalue weighted by atomic mass is 35.5. The summed E-state index contributed by atoms with van der Waals surface area (Å²) in [5.74, 6) is -0.812. The Bertz CT molecular complexity index is 1360. The van der Waals surface area contributed by atoms with Gasteiger partial charge in [0.25, 0.3) is 10.0 Å². The molecule has 196 valence electrons. The molecule has 7 nitrogen and oxygen atoms in total. The Morgan fingerprint density at radius 1 is 0.973 bits per heavy atom. The third kappa shape index (κ3) is 6.90. The molecule has 0 saturated heterocycles. The molecule has 0 heterocycles. The van der Waals surface area contributed by atoms with Gasteiger partial charge in [-0.3, -0.25) is 13.9 Å². The zero-order valence-electron chi connectivity index (χ0n) is 21.4. The van der Waals surface area contributed by atoms with Crippen LogP contribution in [0.4, 0.5) is 5.69 Å². The molecule has 3 aromatic carbocycles. The lowest BCUT2D eigenvalue weighted by molar-refractivity contribution is -0.139. The summed E-state index contributed by atoms with van der Waals surface area (Å²) in [6.45, 7) is 7.31. The van der Waals surface area contributed by atoms with E-state index < -0.39 is 28.5 Å². The lowest BCUT2D eigenvalue weighted by atomic mass is 10.1. The molecule has 3 rings (SSSR count). The number of aryl methyl sites for hydroxylation is 2. The summed E-state index contributed by atoms with van der Waals surface area (Å²) >= 11 is 5.98. The first kappa shape index (κ1) is 28.2. The van der Waals surface area contributed by atoms with Crippen molar-refractivity contribution >= 4 is 39.1 Å². The van der Waals surface area contributed by atoms with Crippen LogP contribution in [0.3, 0.4) is 0 Å². The van der Waals surface area contributed by atoms with Gasteiger partial charge in [-0.1, -0.05) is 48.0 Å². The number of hydrogen-bond acceptors (Lipinski definition) is 4. The molecule has 1 unspecified atom stereocenters. The molecular weight excluding hydrogens is 510 g/mol. The van der Waals surface area contributed by atoms with Crippen molar-refractivity contribution < 1.29 is 18.0 Å². The molecule has 0 spiro atoms. The molecule has 2 amide bonds. The van der Waals surface area contributed by atoms with Gasteiger partial charge >= 0.3 is 0 Å². The van der Waals surface area contributed by atoms with Crippen LogP contribution in [0.15, 0.2) is 77.7 Å². The number of likely N-dealkylation sites (N-methyl/N-ethyl adjacent to an activating group) is 1. The molecule has 3 aromatic rings. The van der Waals surface area contributed by atoms with Crippen molar-refractivity contribution in [3.05, 3.63) is 94.5 Å². The van der Waals surface area contributed by atoms with Crippen molar-refractivity contribution in [1.82, 2.24) is 10.2 Å². The average Bonchev–Trinajstić information content (AvgIpc) is 2.86. The van der Waals surface area contributed by atoms with Crippen LogP contribution in [0, 0.1) is 13.8 Å². The highest BCUT2D eigenvalue weighted by Crippen LogP contribution is 2.26. The smallest absolute Gasteiger partial charge is 0.264 e. The summed E-state index contributed by atoms with van der Waals surface area (Å²) in [7, 11) is -4.13. The molecule has 1 atom stereocenters. The molecule has 0 saturated carbocycles. The Labute approximate surface area is 224 Å². The lowest BCUT2D eigenvalue weighted by Crippen LogP contribution is -2.51. The average molecular weight is 542 g/mol. The number of carbonyl (C=O) groups is 2. The minimum atomic E-state index is -4.13. The van der Waals surface area contributed by atoms with Gasteiger partial charge in [-0.15, -0.1) is 0 Å². The normalized spacial score (nSPS) is 12.0. The van der Waals surface area contributed by atoms with Crippen molar-refractivity contribution in [2.45, 2.75) is 45.2 Å². The summed E-state index contributed by atoms with van der Waals surface area (Å²) in [5, 5.41) is 3.16. The second-order valence-electron chi connectivity index (χ2n) is 8.82. The van der Waals surface area contributed by atoms with Crippen LogP contribution in [0.1, 0.15) is 30.5 Å². The highest BCUT2D eigenvalue weighted by molar-refractivity contribution is 7.92. The summed E-state index contributed by atoms with van der Waals surface area (Å²) in [6.07, 6.45) is 0. The lowest BCUT2D eigenvalue weighted by Gasteiger charge is -2.32. The molecule has 0 aromatic heterocycles. The second kappa shape index (κ2) is 12.3. The number of benzene rings is 3. The van der Waals surface area contributed by atoms with Gasteiger partial charge in [0.1, 0.15) is 12.6 Å². The Balaban J connectivity index is 2.04. The molecule has 0 aliphatic carbocycles. The zero-order chi connectivity index (χ0) is 27.2. The number of carbonyl (C=O) groups excluding carboxylic acids is 2.